The van der Waals surface area contributed by atoms with E-state index in [0.29, 0.717) is 28.3 Å². The van der Waals surface area contributed by atoms with Crippen molar-refractivity contribution >= 4 is 22.7 Å². The maximum atomic E-state index is 11.8. The molecule has 2 aromatic heterocycles. The Morgan fingerprint density at radius 2 is 1.91 bits per heavy atom. The van der Waals surface area contributed by atoms with Crippen LogP contribution in [0.25, 0.3) is 22.2 Å². The number of furan rings is 1. The predicted octanol–water partition coefficient (Wildman–Crippen LogP) is 3.45. The molecule has 0 unspecified atom stereocenters. The Hall–Kier alpha value is -3.13. The Bertz CT molecular complexity index is 1170. The molecule has 0 saturated carbocycles. The lowest BCUT2D eigenvalue weighted by Crippen LogP contribution is -2.58. The van der Waals surface area contributed by atoms with Crippen molar-refractivity contribution in [3.8, 4) is 17.0 Å². The summed E-state index contributed by atoms with van der Waals surface area (Å²) in [6.07, 6.45) is 4.56. The standard InChI is InChI=1S/C24H29N5O3/c1-23-7-8-24(2,28-23)13-15(12-23)29(4)21-6-5-17(26-27-21)16-9-14-10-20(22(31)25-3)32-19(14)11-18(16)30/h5-6,9-11,15,28,30H,7-8,12-13H2,1-4H3,(H,25,31)/t15-,23-,24+. The number of aromatic hydroxyl groups is 1. The number of phenolic OH excluding ortho intramolecular Hbond substituents is 1. The van der Waals surface area contributed by atoms with E-state index >= 15 is 0 Å². The minimum Gasteiger partial charge on any atom is -0.507 e. The number of benzene rings is 1. The average Bonchev–Trinajstić information content (AvgIpc) is 3.28. The minimum absolute atomic E-state index is 0.0292. The van der Waals surface area contributed by atoms with Gasteiger partial charge in [-0.2, -0.15) is 0 Å². The number of aromatic nitrogens is 2. The van der Waals surface area contributed by atoms with E-state index in [1.807, 2.05) is 12.1 Å². The third-order valence-electron chi connectivity index (χ3n) is 7.13. The van der Waals surface area contributed by atoms with Gasteiger partial charge >= 0.3 is 0 Å². The van der Waals surface area contributed by atoms with Gasteiger partial charge in [-0.15, -0.1) is 10.2 Å². The van der Waals surface area contributed by atoms with Crippen LogP contribution in [0, 0.1) is 0 Å². The van der Waals surface area contributed by atoms with Crippen LogP contribution in [0.3, 0.4) is 0 Å². The van der Waals surface area contributed by atoms with Gasteiger partial charge in [-0.05, 0) is 63.8 Å². The summed E-state index contributed by atoms with van der Waals surface area (Å²) in [6, 6.07) is 9.14. The van der Waals surface area contributed by atoms with E-state index in [-0.39, 0.29) is 28.5 Å². The first-order valence-electron chi connectivity index (χ1n) is 11.0. The van der Waals surface area contributed by atoms with Gasteiger partial charge in [0.2, 0.25) is 0 Å². The Kier molecular flexibility index (Phi) is 4.67. The molecule has 2 saturated heterocycles. The first-order chi connectivity index (χ1) is 15.2. The number of hydrogen-bond acceptors (Lipinski definition) is 7. The van der Waals surface area contributed by atoms with Crippen LogP contribution in [0.2, 0.25) is 0 Å². The van der Waals surface area contributed by atoms with E-state index in [2.05, 4.69) is 46.6 Å². The van der Waals surface area contributed by atoms with Crippen LogP contribution in [-0.4, -0.2) is 52.4 Å². The Balaban J connectivity index is 1.40. The number of anilines is 1. The molecular formula is C24H29N5O3. The van der Waals surface area contributed by atoms with E-state index in [1.165, 1.54) is 18.9 Å². The smallest absolute Gasteiger partial charge is 0.286 e. The molecule has 5 rings (SSSR count). The lowest BCUT2D eigenvalue weighted by molar-refractivity contribution is 0.0937. The summed E-state index contributed by atoms with van der Waals surface area (Å²) >= 11 is 0. The largest absolute Gasteiger partial charge is 0.507 e. The molecule has 2 bridgehead atoms. The van der Waals surface area contributed by atoms with Crippen molar-refractivity contribution in [1.29, 1.82) is 0 Å². The quantitative estimate of drug-likeness (QED) is 0.577. The normalized spacial score (nSPS) is 26.9. The first-order valence-corrected chi connectivity index (χ1v) is 11.0. The van der Waals surface area contributed by atoms with Crippen molar-refractivity contribution in [3.05, 3.63) is 36.1 Å². The number of carbonyl (C=O) groups is 1. The maximum Gasteiger partial charge on any atom is 0.286 e. The lowest BCUT2D eigenvalue weighted by Gasteiger charge is -2.45. The van der Waals surface area contributed by atoms with E-state index in [4.69, 9.17) is 4.42 Å². The molecule has 0 radical (unpaired) electrons. The first kappa shape index (κ1) is 20.8. The van der Waals surface area contributed by atoms with Gasteiger partial charge in [0.15, 0.2) is 11.6 Å². The van der Waals surface area contributed by atoms with Crippen LogP contribution in [0.5, 0.6) is 5.75 Å². The summed E-state index contributed by atoms with van der Waals surface area (Å²) in [5, 5.41) is 26.5. The second kappa shape index (κ2) is 7.20. The van der Waals surface area contributed by atoms with E-state index < -0.39 is 0 Å². The average molecular weight is 436 g/mol. The number of hydrogen-bond donors (Lipinski definition) is 3. The van der Waals surface area contributed by atoms with Crippen LogP contribution in [0.15, 0.2) is 34.7 Å². The SMILES string of the molecule is CNC(=O)c1cc2cc(-c3ccc(N(C)[C@H]4C[C@]5(C)CC[C@](C)(C4)N5)nn3)c(O)cc2o1. The van der Waals surface area contributed by atoms with Gasteiger partial charge in [-0.25, -0.2) is 0 Å². The van der Waals surface area contributed by atoms with Crippen LogP contribution in [0.1, 0.15) is 50.1 Å². The van der Waals surface area contributed by atoms with Crippen molar-refractivity contribution in [2.24, 2.45) is 0 Å². The molecule has 2 aliphatic heterocycles. The van der Waals surface area contributed by atoms with Crippen LogP contribution in [-0.2, 0) is 0 Å². The zero-order valence-corrected chi connectivity index (χ0v) is 18.9. The molecule has 32 heavy (non-hydrogen) atoms. The third-order valence-corrected chi connectivity index (χ3v) is 7.13. The highest BCUT2D eigenvalue weighted by atomic mass is 16.3. The highest BCUT2D eigenvalue weighted by molar-refractivity contribution is 5.97. The molecule has 8 nitrogen and oxygen atoms in total. The van der Waals surface area contributed by atoms with Crippen molar-refractivity contribution in [3.63, 3.8) is 0 Å². The highest BCUT2D eigenvalue weighted by Gasteiger charge is 2.49. The second-order valence-corrected chi connectivity index (χ2v) is 9.79. The number of amides is 1. The number of nitrogens with zero attached hydrogens (tertiary/aromatic N) is 3. The van der Waals surface area contributed by atoms with E-state index in [9.17, 15) is 9.90 Å². The lowest BCUT2D eigenvalue weighted by atomic mass is 9.84. The fourth-order valence-corrected chi connectivity index (χ4v) is 5.46. The Labute approximate surface area is 187 Å². The molecule has 1 aromatic carbocycles. The molecular weight excluding hydrogens is 406 g/mol. The van der Waals surface area contributed by atoms with Crippen LogP contribution >= 0.6 is 0 Å². The maximum absolute atomic E-state index is 11.8. The van der Waals surface area contributed by atoms with E-state index in [1.54, 1.807) is 19.2 Å². The molecule has 0 spiro atoms. The summed E-state index contributed by atoms with van der Waals surface area (Å²) in [5.74, 6) is 0.725. The number of piperidine rings is 1. The van der Waals surface area contributed by atoms with Gasteiger partial charge in [0.1, 0.15) is 11.3 Å². The fraction of sp³-hybridized carbons (Fsp3) is 0.458. The summed E-state index contributed by atoms with van der Waals surface area (Å²) in [7, 11) is 3.63. The number of rotatable bonds is 4. The molecule has 3 N–H and O–H groups in total. The number of phenols is 1. The zero-order chi connectivity index (χ0) is 22.7. The number of fused-ring (bicyclic) bond motifs is 3. The molecule has 168 valence electrons. The minimum atomic E-state index is -0.316. The fourth-order valence-electron chi connectivity index (χ4n) is 5.46. The molecule has 8 heteroatoms. The molecule has 4 heterocycles. The number of nitrogens with one attached hydrogen (secondary N) is 2. The van der Waals surface area contributed by atoms with Crippen molar-refractivity contribution in [1.82, 2.24) is 20.8 Å². The van der Waals surface area contributed by atoms with Crippen molar-refractivity contribution in [2.45, 2.75) is 56.7 Å². The van der Waals surface area contributed by atoms with Crippen molar-refractivity contribution in [2.75, 3.05) is 19.0 Å². The highest BCUT2D eigenvalue weighted by Crippen LogP contribution is 2.44. The molecule has 1 amide bonds. The zero-order valence-electron chi connectivity index (χ0n) is 18.9. The van der Waals surface area contributed by atoms with Gasteiger partial charge in [0.05, 0.1) is 5.69 Å². The van der Waals surface area contributed by atoms with Gasteiger partial charge in [0.25, 0.3) is 5.91 Å². The topological polar surface area (TPSA) is 104 Å². The van der Waals surface area contributed by atoms with Gasteiger partial charge in [-0.3, -0.25) is 4.79 Å². The third kappa shape index (κ3) is 3.48. The Morgan fingerprint density at radius 1 is 1.19 bits per heavy atom. The second-order valence-electron chi connectivity index (χ2n) is 9.79. The van der Waals surface area contributed by atoms with Crippen molar-refractivity contribution < 1.29 is 14.3 Å². The van der Waals surface area contributed by atoms with Crippen LogP contribution in [0.4, 0.5) is 5.82 Å². The summed E-state index contributed by atoms with van der Waals surface area (Å²) in [6.45, 7) is 4.63. The molecule has 3 aromatic rings. The summed E-state index contributed by atoms with van der Waals surface area (Å²) in [5.41, 5.74) is 1.91. The monoisotopic (exact) mass is 435 g/mol. The van der Waals surface area contributed by atoms with Gasteiger partial charge < -0.3 is 25.1 Å². The summed E-state index contributed by atoms with van der Waals surface area (Å²) < 4.78 is 5.53. The Morgan fingerprint density at radius 3 is 2.53 bits per heavy atom. The molecule has 2 fully saturated rings. The van der Waals surface area contributed by atoms with Gasteiger partial charge in [0, 0.05) is 48.2 Å². The van der Waals surface area contributed by atoms with Crippen LogP contribution < -0.4 is 15.5 Å². The number of carbonyl (C=O) groups excluding carboxylic acids is 1. The predicted molar refractivity (Wildman–Crippen MR) is 123 cm³/mol. The van der Waals surface area contributed by atoms with Gasteiger partial charge in [-0.1, -0.05) is 0 Å². The molecule has 3 atom stereocenters. The molecule has 2 aliphatic rings. The summed E-state index contributed by atoms with van der Waals surface area (Å²) in [4.78, 5) is 14.1. The molecule has 0 aliphatic carbocycles. The van der Waals surface area contributed by atoms with E-state index in [0.717, 1.165) is 18.7 Å².